The van der Waals surface area contributed by atoms with Crippen LogP contribution in [0, 0.1) is 0 Å². The number of rotatable bonds is 8. The number of nitrogens with one attached hydrogen (secondary N) is 1. The number of aliphatic hydroxyl groups is 1. The Morgan fingerprint density at radius 2 is 1.86 bits per heavy atom. The van der Waals surface area contributed by atoms with E-state index in [4.69, 9.17) is 32.7 Å². The maximum atomic E-state index is 13.9. The lowest BCUT2D eigenvalue weighted by molar-refractivity contribution is -0.115. The third-order valence-electron chi connectivity index (χ3n) is 6.27. The molecular weight excluding hydrogens is 525 g/mol. The summed E-state index contributed by atoms with van der Waals surface area (Å²) in [5, 5.41) is 13.0. The summed E-state index contributed by atoms with van der Waals surface area (Å²) in [6.45, 7) is 2.04. The van der Waals surface area contributed by atoms with Crippen molar-refractivity contribution in [3.8, 4) is 5.88 Å². The number of amides is 1. The number of aliphatic hydroxyl groups excluding tert-OH is 1. The van der Waals surface area contributed by atoms with Crippen molar-refractivity contribution in [3.63, 3.8) is 0 Å². The molecule has 1 aromatic heterocycles. The van der Waals surface area contributed by atoms with Gasteiger partial charge in [0.25, 0.3) is 5.92 Å². The molecule has 196 valence electrons. The van der Waals surface area contributed by atoms with Crippen molar-refractivity contribution < 1.29 is 28.2 Å². The van der Waals surface area contributed by atoms with Gasteiger partial charge in [-0.1, -0.05) is 53.5 Å². The fourth-order valence-corrected chi connectivity index (χ4v) is 4.76. The van der Waals surface area contributed by atoms with E-state index in [0.717, 1.165) is 12.5 Å². The van der Waals surface area contributed by atoms with Gasteiger partial charge < -0.3 is 19.9 Å². The Bertz CT molecular complexity index is 1230. The first kappa shape index (κ1) is 27.3. The number of pyridine rings is 1. The molecule has 1 atom stereocenters. The third kappa shape index (κ3) is 6.38. The molecule has 1 unspecified atom stereocenters. The number of ether oxygens (including phenoxy) is 2. The lowest BCUT2D eigenvalue weighted by atomic mass is 9.86. The molecule has 4 rings (SSSR count). The Hall–Kier alpha value is -2.78. The number of anilines is 1. The molecule has 1 aliphatic rings. The van der Waals surface area contributed by atoms with Gasteiger partial charge in [-0.25, -0.2) is 4.98 Å². The molecule has 2 aromatic carbocycles. The second-order valence-corrected chi connectivity index (χ2v) is 9.78. The first-order valence-electron chi connectivity index (χ1n) is 11.7. The van der Waals surface area contributed by atoms with E-state index in [2.05, 4.69) is 10.3 Å². The van der Waals surface area contributed by atoms with Crippen molar-refractivity contribution in [1.82, 2.24) is 4.98 Å². The fourth-order valence-electron chi connectivity index (χ4n) is 4.18. The van der Waals surface area contributed by atoms with Crippen LogP contribution in [0.3, 0.4) is 0 Å². The minimum Gasteiger partial charge on any atom is -0.466 e. The van der Waals surface area contributed by atoms with E-state index >= 15 is 0 Å². The molecule has 37 heavy (non-hydrogen) atoms. The van der Waals surface area contributed by atoms with Gasteiger partial charge in [0.2, 0.25) is 11.8 Å². The summed E-state index contributed by atoms with van der Waals surface area (Å²) in [5.74, 6) is -3.34. The molecule has 1 saturated heterocycles. The molecule has 1 fully saturated rings. The van der Waals surface area contributed by atoms with Crippen molar-refractivity contribution >= 4 is 34.8 Å². The highest BCUT2D eigenvalue weighted by Crippen LogP contribution is 2.41. The van der Waals surface area contributed by atoms with E-state index < -0.39 is 17.6 Å². The van der Waals surface area contributed by atoms with Crippen LogP contribution in [0.2, 0.25) is 10.0 Å². The highest BCUT2D eigenvalue weighted by Gasteiger charge is 2.39. The van der Waals surface area contributed by atoms with Crippen LogP contribution in [0.1, 0.15) is 36.5 Å². The van der Waals surface area contributed by atoms with Crippen LogP contribution in [0.25, 0.3) is 0 Å². The van der Waals surface area contributed by atoms with E-state index in [9.17, 15) is 18.7 Å². The van der Waals surface area contributed by atoms with Gasteiger partial charge in [-0.3, -0.25) is 4.79 Å². The van der Waals surface area contributed by atoms with Gasteiger partial charge in [-0.15, -0.1) is 0 Å². The Morgan fingerprint density at radius 1 is 1.16 bits per heavy atom. The van der Waals surface area contributed by atoms with E-state index in [-0.39, 0.29) is 17.9 Å². The number of alkyl halides is 2. The SMILES string of the molecule is CC(O)C(F)(F)c1ccc(CC(=O)Nc2ccc(OC3(c4ccc(Cl)cc4Cl)CCOCC3)nc2)cc1. The lowest BCUT2D eigenvalue weighted by Gasteiger charge is -2.38. The number of halogens is 4. The first-order valence-corrected chi connectivity index (χ1v) is 12.5. The second kappa shape index (κ2) is 11.3. The Morgan fingerprint density at radius 3 is 2.46 bits per heavy atom. The van der Waals surface area contributed by atoms with Gasteiger partial charge in [-0.2, -0.15) is 8.78 Å². The lowest BCUT2D eigenvalue weighted by Crippen LogP contribution is -2.39. The average molecular weight is 551 g/mol. The summed E-state index contributed by atoms with van der Waals surface area (Å²) in [4.78, 5) is 16.8. The van der Waals surface area contributed by atoms with Crippen LogP contribution in [-0.4, -0.2) is 35.3 Å². The number of hydrogen-bond donors (Lipinski definition) is 2. The van der Waals surface area contributed by atoms with Crippen LogP contribution in [0.4, 0.5) is 14.5 Å². The van der Waals surface area contributed by atoms with Crippen LogP contribution in [-0.2, 0) is 27.5 Å². The summed E-state index contributed by atoms with van der Waals surface area (Å²) in [6, 6.07) is 13.9. The average Bonchev–Trinajstić information content (AvgIpc) is 2.86. The van der Waals surface area contributed by atoms with Crippen LogP contribution < -0.4 is 10.1 Å². The number of carbonyl (C=O) groups excluding carboxylic acids is 1. The van der Waals surface area contributed by atoms with E-state index in [1.807, 2.05) is 6.07 Å². The maximum Gasteiger partial charge on any atom is 0.298 e. The summed E-state index contributed by atoms with van der Waals surface area (Å²) in [7, 11) is 0. The molecule has 0 radical (unpaired) electrons. The molecule has 2 N–H and O–H groups in total. The molecule has 0 spiro atoms. The smallest absolute Gasteiger partial charge is 0.298 e. The molecular formula is C27H26Cl2F2N2O4. The highest BCUT2D eigenvalue weighted by atomic mass is 35.5. The summed E-state index contributed by atoms with van der Waals surface area (Å²) in [5.41, 5.74) is 0.776. The van der Waals surface area contributed by atoms with Crippen molar-refractivity contribution in [1.29, 1.82) is 0 Å². The molecule has 0 saturated carbocycles. The standard InChI is InChI=1S/C27H26Cl2F2N2O4/c1-17(34)27(30,31)19-4-2-18(3-5-19)14-24(35)33-21-7-9-25(32-16-21)37-26(10-12-36-13-11-26)22-8-6-20(28)15-23(22)29/h2-9,15-17,34H,10-14H2,1H3,(H,33,35). The van der Waals surface area contributed by atoms with Crippen molar-refractivity contribution in [3.05, 3.63) is 87.5 Å². The summed E-state index contributed by atoms with van der Waals surface area (Å²) in [6.07, 6.45) is 0.811. The molecule has 10 heteroatoms. The van der Waals surface area contributed by atoms with E-state index in [0.29, 0.717) is 53.2 Å². The Kier molecular flexibility index (Phi) is 8.33. The fraction of sp³-hybridized carbons (Fsp3) is 0.333. The monoisotopic (exact) mass is 550 g/mol. The zero-order valence-corrected chi connectivity index (χ0v) is 21.5. The molecule has 1 amide bonds. The number of carbonyl (C=O) groups is 1. The summed E-state index contributed by atoms with van der Waals surface area (Å²) >= 11 is 12.6. The third-order valence-corrected chi connectivity index (χ3v) is 6.82. The quantitative estimate of drug-likeness (QED) is 0.352. The number of hydrogen-bond acceptors (Lipinski definition) is 5. The van der Waals surface area contributed by atoms with Crippen LogP contribution in [0.5, 0.6) is 5.88 Å². The normalized spacial score (nSPS) is 16.2. The van der Waals surface area contributed by atoms with Gasteiger partial charge in [0.15, 0.2) is 0 Å². The van der Waals surface area contributed by atoms with Crippen molar-refractivity contribution in [2.75, 3.05) is 18.5 Å². The maximum absolute atomic E-state index is 13.9. The Balaban J connectivity index is 1.41. The second-order valence-electron chi connectivity index (χ2n) is 8.94. The van der Waals surface area contributed by atoms with Gasteiger partial charge in [0, 0.05) is 40.1 Å². The largest absolute Gasteiger partial charge is 0.466 e. The molecule has 3 aromatic rings. The molecule has 1 aliphatic heterocycles. The molecule has 0 aliphatic carbocycles. The zero-order chi connectivity index (χ0) is 26.6. The van der Waals surface area contributed by atoms with Gasteiger partial charge in [0.05, 0.1) is 31.5 Å². The van der Waals surface area contributed by atoms with Gasteiger partial charge >= 0.3 is 0 Å². The first-order chi connectivity index (χ1) is 17.6. The predicted octanol–water partition coefficient (Wildman–Crippen LogP) is 6.13. The minimum atomic E-state index is -3.36. The number of benzene rings is 2. The van der Waals surface area contributed by atoms with Crippen molar-refractivity contribution in [2.24, 2.45) is 0 Å². The molecule has 0 bridgehead atoms. The van der Waals surface area contributed by atoms with E-state index in [1.165, 1.54) is 30.5 Å². The number of nitrogens with zero attached hydrogens (tertiary/aromatic N) is 1. The Labute approximate surface area is 223 Å². The highest BCUT2D eigenvalue weighted by molar-refractivity contribution is 6.35. The molecule has 6 nitrogen and oxygen atoms in total. The minimum absolute atomic E-state index is 0.0169. The predicted molar refractivity (Wildman–Crippen MR) is 137 cm³/mol. The molecule has 2 heterocycles. The summed E-state index contributed by atoms with van der Waals surface area (Å²) < 4.78 is 39.7. The van der Waals surface area contributed by atoms with Gasteiger partial charge in [0.1, 0.15) is 11.7 Å². The van der Waals surface area contributed by atoms with Crippen LogP contribution >= 0.6 is 23.2 Å². The van der Waals surface area contributed by atoms with Crippen LogP contribution in [0.15, 0.2) is 60.8 Å². The number of aromatic nitrogens is 1. The van der Waals surface area contributed by atoms with Gasteiger partial charge in [-0.05, 0) is 30.7 Å². The van der Waals surface area contributed by atoms with E-state index in [1.54, 1.807) is 24.3 Å². The zero-order valence-electron chi connectivity index (χ0n) is 20.0. The van der Waals surface area contributed by atoms with Crippen molar-refractivity contribution in [2.45, 2.75) is 43.8 Å². The topological polar surface area (TPSA) is 80.7 Å².